The largest absolute Gasteiger partial charge is 0.485 e. The van der Waals surface area contributed by atoms with Crippen LogP contribution in [0.5, 0.6) is 5.75 Å². The van der Waals surface area contributed by atoms with Crippen LogP contribution in [0.2, 0.25) is 0 Å². The summed E-state index contributed by atoms with van der Waals surface area (Å²) in [5.41, 5.74) is 3.65. The number of pyridine rings is 1. The van der Waals surface area contributed by atoms with E-state index in [9.17, 15) is 0 Å². The van der Waals surface area contributed by atoms with Crippen LogP contribution in [0, 0.1) is 6.92 Å². The number of ether oxygens (including phenoxy) is 1. The molecule has 3 nitrogen and oxygen atoms in total. The predicted octanol–water partition coefficient (Wildman–Crippen LogP) is 5.85. The summed E-state index contributed by atoms with van der Waals surface area (Å²) in [5, 5.41) is 2.22. The lowest BCUT2D eigenvalue weighted by Crippen LogP contribution is -2.26. The van der Waals surface area contributed by atoms with E-state index >= 15 is 0 Å². The number of rotatable bonds is 5. The van der Waals surface area contributed by atoms with Crippen LogP contribution in [0.1, 0.15) is 18.9 Å². The van der Waals surface area contributed by atoms with Gasteiger partial charge in [0.05, 0.1) is 0 Å². The molecule has 138 valence electrons. The van der Waals surface area contributed by atoms with Crippen LogP contribution in [0.25, 0.3) is 21.9 Å². The molecule has 0 spiro atoms. The van der Waals surface area contributed by atoms with E-state index in [0.717, 1.165) is 35.2 Å². The van der Waals surface area contributed by atoms with Crippen molar-refractivity contribution in [3.63, 3.8) is 0 Å². The van der Waals surface area contributed by atoms with Crippen molar-refractivity contribution in [2.45, 2.75) is 26.4 Å². The minimum Gasteiger partial charge on any atom is -0.485 e. The number of fused-ring (bicyclic) bond motifs is 1. The maximum absolute atomic E-state index is 6.42. The molecule has 4 heteroatoms. The molecule has 0 amide bonds. The third-order valence-electron chi connectivity index (χ3n) is 4.74. The van der Waals surface area contributed by atoms with Gasteiger partial charge in [0.1, 0.15) is 11.9 Å². The number of aryl methyl sites for hydroxylation is 1. The van der Waals surface area contributed by atoms with Crippen molar-refractivity contribution in [3.05, 3.63) is 72.7 Å². The number of aromatic nitrogens is 1. The first-order valence-electron chi connectivity index (χ1n) is 9.42. The highest BCUT2D eigenvalue weighted by Crippen LogP contribution is 2.34. The fourth-order valence-electron chi connectivity index (χ4n) is 3.41. The Morgan fingerprint density at radius 2 is 2.11 bits per heavy atom. The van der Waals surface area contributed by atoms with Crippen LogP contribution in [-0.2, 0) is 0 Å². The van der Waals surface area contributed by atoms with Crippen molar-refractivity contribution in [1.82, 2.24) is 9.29 Å². The Labute approximate surface area is 165 Å². The van der Waals surface area contributed by atoms with E-state index in [2.05, 4.69) is 77.9 Å². The highest BCUT2D eigenvalue weighted by Gasteiger charge is 2.16. The quantitative estimate of drug-likeness (QED) is 0.522. The topological polar surface area (TPSA) is 25.4 Å². The molecule has 2 heterocycles. The second-order valence-corrected chi connectivity index (χ2v) is 8.09. The first-order chi connectivity index (χ1) is 13.2. The van der Waals surface area contributed by atoms with Gasteiger partial charge in [-0.05, 0) is 47.7 Å². The molecule has 27 heavy (non-hydrogen) atoms. The molecule has 0 fully saturated rings. The molecule has 1 aliphatic heterocycles. The minimum absolute atomic E-state index is 0.0925. The monoisotopic (exact) mass is 376 g/mol. The molecule has 3 aromatic rings. The number of hydrogen-bond acceptors (Lipinski definition) is 4. The third-order valence-corrected chi connectivity index (χ3v) is 5.64. The van der Waals surface area contributed by atoms with Gasteiger partial charge in [-0.2, -0.15) is 0 Å². The molecule has 1 aliphatic rings. The van der Waals surface area contributed by atoms with E-state index in [1.165, 1.54) is 16.7 Å². The van der Waals surface area contributed by atoms with Gasteiger partial charge in [-0.3, -0.25) is 4.98 Å². The summed E-state index contributed by atoms with van der Waals surface area (Å²) >= 11 is 1.85. The van der Waals surface area contributed by atoms with E-state index in [1.54, 1.807) is 0 Å². The van der Waals surface area contributed by atoms with Crippen LogP contribution >= 0.6 is 11.9 Å². The first kappa shape index (κ1) is 17.9. The normalized spacial score (nSPS) is 16.7. The summed E-state index contributed by atoms with van der Waals surface area (Å²) in [6.45, 7) is 5.31. The van der Waals surface area contributed by atoms with E-state index in [-0.39, 0.29) is 6.10 Å². The molecule has 1 aromatic heterocycles. The van der Waals surface area contributed by atoms with Gasteiger partial charge >= 0.3 is 0 Å². The molecule has 0 aliphatic carbocycles. The zero-order valence-corrected chi connectivity index (χ0v) is 16.6. The zero-order valence-electron chi connectivity index (χ0n) is 15.8. The summed E-state index contributed by atoms with van der Waals surface area (Å²) in [6, 6.07) is 15.0. The molecular weight excluding hydrogens is 352 g/mol. The molecule has 1 atom stereocenters. The molecule has 0 saturated heterocycles. The van der Waals surface area contributed by atoms with Crippen molar-refractivity contribution in [3.8, 4) is 16.9 Å². The molecule has 2 aromatic carbocycles. The fraction of sp³-hybridized carbons (Fsp3) is 0.261. The average molecular weight is 377 g/mol. The van der Waals surface area contributed by atoms with Crippen LogP contribution in [0.3, 0.4) is 0 Å². The zero-order chi connectivity index (χ0) is 18.6. The predicted molar refractivity (Wildman–Crippen MR) is 115 cm³/mol. The Hall–Kier alpha value is -2.46. The number of nitrogens with zero attached hydrogens (tertiary/aromatic N) is 2. The molecule has 4 rings (SSSR count). The van der Waals surface area contributed by atoms with E-state index in [1.807, 2.05) is 24.3 Å². The van der Waals surface area contributed by atoms with Gasteiger partial charge in [0.25, 0.3) is 0 Å². The molecule has 0 bridgehead atoms. The van der Waals surface area contributed by atoms with Crippen LogP contribution in [0.15, 0.2) is 67.1 Å². The molecule has 0 radical (unpaired) electrons. The van der Waals surface area contributed by atoms with Crippen molar-refractivity contribution in [1.29, 1.82) is 0 Å². The third kappa shape index (κ3) is 4.11. The maximum atomic E-state index is 6.42. The standard InChI is InChI=1S/C23H24N2OS/c1-3-27-25-11-8-21(9-12-25)26-23-15-20(18-6-4-5-17(2)13-18)14-19-7-10-24-16-22(19)23/h4-8,10-11,13-16,21H,3,9,12H2,1-2H3. The highest BCUT2D eigenvalue weighted by molar-refractivity contribution is 7.97. The summed E-state index contributed by atoms with van der Waals surface area (Å²) in [6.07, 6.45) is 9.12. The highest BCUT2D eigenvalue weighted by atomic mass is 32.2. The van der Waals surface area contributed by atoms with Gasteiger partial charge in [0.2, 0.25) is 0 Å². The fourth-order valence-corrected chi connectivity index (χ4v) is 4.13. The summed E-state index contributed by atoms with van der Waals surface area (Å²) in [5.74, 6) is 1.99. The lowest BCUT2D eigenvalue weighted by atomic mass is 10.00. The second kappa shape index (κ2) is 8.05. The van der Waals surface area contributed by atoms with Crippen molar-refractivity contribution in [2.24, 2.45) is 0 Å². The first-order valence-corrected chi connectivity index (χ1v) is 10.4. The van der Waals surface area contributed by atoms with Gasteiger partial charge in [-0.1, -0.05) is 48.7 Å². The Balaban J connectivity index is 1.68. The second-order valence-electron chi connectivity index (χ2n) is 6.79. The lowest BCUT2D eigenvalue weighted by molar-refractivity contribution is 0.224. The Morgan fingerprint density at radius 1 is 1.19 bits per heavy atom. The van der Waals surface area contributed by atoms with Gasteiger partial charge < -0.3 is 9.04 Å². The van der Waals surface area contributed by atoms with Crippen molar-refractivity contribution in [2.75, 3.05) is 12.3 Å². The Kier molecular flexibility index (Phi) is 5.35. The summed E-state index contributed by atoms with van der Waals surface area (Å²) < 4.78 is 8.71. The van der Waals surface area contributed by atoms with Gasteiger partial charge in [-0.15, -0.1) is 0 Å². The Bertz CT molecular complexity index is 970. The van der Waals surface area contributed by atoms with Crippen LogP contribution in [-0.4, -0.2) is 27.7 Å². The van der Waals surface area contributed by atoms with Gasteiger partial charge in [-0.25, -0.2) is 0 Å². The smallest absolute Gasteiger partial charge is 0.130 e. The van der Waals surface area contributed by atoms with Crippen LogP contribution in [0.4, 0.5) is 0 Å². The van der Waals surface area contributed by atoms with Gasteiger partial charge in [0.15, 0.2) is 0 Å². The molecule has 0 saturated carbocycles. The van der Waals surface area contributed by atoms with Crippen molar-refractivity contribution < 1.29 is 4.74 Å². The van der Waals surface area contributed by atoms with Gasteiger partial charge in [0, 0.05) is 42.7 Å². The Morgan fingerprint density at radius 3 is 2.89 bits per heavy atom. The lowest BCUT2D eigenvalue weighted by Gasteiger charge is -2.27. The van der Waals surface area contributed by atoms with E-state index in [4.69, 9.17) is 4.74 Å². The van der Waals surface area contributed by atoms with E-state index in [0.29, 0.717) is 0 Å². The summed E-state index contributed by atoms with van der Waals surface area (Å²) in [4.78, 5) is 4.31. The minimum atomic E-state index is 0.0925. The molecule has 1 unspecified atom stereocenters. The summed E-state index contributed by atoms with van der Waals surface area (Å²) in [7, 11) is 0. The number of benzene rings is 2. The van der Waals surface area contributed by atoms with Crippen molar-refractivity contribution >= 4 is 22.7 Å². The van der Waals surface area contributed by atoms with Crippen LogP contribution < -0.4 is 4.74 Å². The molecular formula is C23H24N2OS. The SMILES string of the molecule is CCSN1C=CC(Oc2cc(-c3cccc(C)c3)cc3ccncc23)CC1. The van der Waals surface area contributed by atoms with E-state index < -0.39 is 0 Å². The average Bonchev–Trinajstić information content (AvgIpc) is 2.69. The maximum Gasteiger partial charge on any atom is 0.130 e. The number of hydrogen-bond donors (Lipinski definition) is 0. The molecule has 0 N–H and O–H groups in total.